The van der Waals surface area contributed by atoms with Gasteiger partial charge in [0.05, 0.1) is 0 Å². The normalized spacial score (nSPS) is 12.2. The number of rotatable bonds is 3. The van der Waals surface area contributed by atoms with E-state index in [2.05, 4.69) is 21.2 Å². The Labute approximate surface area is 96.4 Å². The summed E-state index contributed by atoms with van der Waals surface area (Å²) in [7, 11) is 1.64. The van der Waals surface area contributed by atoms with Gasteiger partial charge in [-0.1, -0.05) is 15.9 Å². The van der Waals surface area contributed by atoms with Crippen LogP contribution in [0.15, 0.2) is 23.1 Å². The number of aryl methyl sites for hydroxylation is 1. The number of halogens is 1. The lowest BCUT2D eigenvalue weighted by Crippen LogP contribution is -2.34. The van der Waals surface area contributed by atoms with Gasteiger partial charge < -0.3 is 9.88 Å². The predicted molar refractivity (Wildman–Crippen MR) is 62.4 cm³/mol. The highest BCUT2D eigenvalue weighted by Gasteiger charge is 2.09. The van der Waals surface area contributed by atoms with Crippen molar-refractivity contribution >= 4 is 21.8 Å². The van der Waals surface area contributed by atoms with Crippen LogP contribution in [0.4, 0.5) is 0 Å². The van der Waals surface area contributed by atoms with Gasteiger partial charge in [-0.15, -0.1) is 0 Å². The molecule has 0 fully saturated rings. The van der Waals surface area contributed by atoms with Crippen molar-refractivity contribution < 1.29 is 4.79 Å². The summed E-state index contributed by atoms with van der Waals surface area (Å²) in [5, 5.41) is 3.44. The van der Waals surface area contributed by atoms with Crippen LogP contribution >= 0.6 is 15.9 Å². The van der Waals surface area contributed by atoms with E-state index in [9.17, 15) is 9.59 Å². The minimum atomic E-state index is -0.223. The van der Waals surface area contributed by atoms with E-state index in [1.807, 2.05) is 6.92 Å². The molecule has 0 saturated carbocycles. The summed E-state index contributed by atoms with van der Waals surface area (Å²) >= 11 is 3.26. The van der Waals surface area contributed by atoms with Crippen LogP contribution in [-0.2, 0) is 7.05 Å². The van der Waals surface area contributed by atoms with E-state index in [1.165, 1.54) is 10.6 Å². The largest absolute Gasteiger partial charge is 0.349 e. The Hall–Kier alpha value is -1.10. The summed E-state index contributed by atoms with van der Waals surface area (Å²) in [6, 6.07) is 3.00. The predicted octanol–water partition coefficient (Wildman–Crippen LogP) is 0.898. The fraction of sp³-hybridized carbons (Fsp3) is 0.400. The summed E-state index contributed by atoms with van der Waals surface area (Å²) in [5.74, 6) is -0.223. The van der Waals surface area contributed by atoms with Gasteiger partial charge in [-0.25, -0.2) is 0 Å². The zero-order valence-corrected chi connectivity index (χ0v) is 10.2. The molecule has 0 radical (unpaired) electrons. The van der Waals surface area contributed by atoms with Crippen LogP contribution < -0.4 is 10.9 Å². The van der Waals surface area contributed by atoms with E-state index in [0.717, 1.165) is 0 Å². The van der Waals surface area contributed by atoms with E-state index < -0.39 is 0 Å². The van der Waals surface area contributed by atoms with Crippen molar-refractivity contribution in [3.05, 3.63) is 34.2 Å². The Morgan fingerprint density at radius 1 is 1.67 bits per heavy atom. The molecule has 0 aromatic carbocycles. The highest BCUT2D eigenvalue weighted by molar-refractivity contribution is 9.09. The number of amides is 1. The molecule has 0 aliphatic heterocycles. The first-order valence-electron chi connectivity index (χ1n) is 4.58. The summed E-state index contributed by atoms with van der Waals surface area (Å²) in [5.41, 5.74) is 0.208. The molecular formula is C10H13BrN2O2. The van der Waals surface area contributed by atoms with Crippen LogP contribution in [0, 0.1) is 0 Å². The van der Waals surface area contributed by atoms with Crippen LogP contribution in [0.25, 0.3) is 0 Å². The molecule has 0 aliphatic rings. The summed E-state index contributed by atoms with van der Waals surface area (Å²) < 4.78 is 1.42. The van der Waals surface area contributed by atoms with Crippen molar-refractivity contribution in [3.63, 3.8) is 0 Å². The van der Waals surface area contributed by atoms with Gasteiger partial charge >= 0.3 is 0 Å². The SMILES string of the molecule is CC(CBr)NC(=O)c1ccn(C)c(=O)c1. The van der Waals surface area contributed by atoms with E-state index >= 15 is 0 Å². The maximum atomic E-state index is 11.6. The zero-order valence-electron chi connectivity index (χ0n) is 8.66. The molecule has 1 atom stereocenters. The summed E-state index contributed by atoms with van der Waals surface area (Å²) in [4.78, 5) is 22.9. The Balaban J connectivity index is 2.83. The van der Waals surface area contributed by atoms with E-state index in [-0.39, 0.29) is 17.5 Å². The van der Waals surface area contributed by atoms with Gasteiger partial charge in [-0.05, 0) is 13.0 Å². The molecule has 0 bridgehead atoms. The van der Waals surface area contributed by atoms with Crippen molar-refractivity contribution in [3.8, 4) is 0 Å². The fourth-order valence-corrected chi connectivity index (χ4v) is 1.20. The number of nitrogens with zero attached hydrogens (tertiary/aromatic N) is 1. The first-order chi connectivity index (χ1) is 7.04. The second kappa shape index (κ2) is 5.11. The zero-order chi connectivity index (χ0) is 11.4. The van der Waals surface area contributed by atoms with Crippen molar-refractivity contribution in [2.24, 2.45) is 7.05 Å². The number of pyridine rings is 1. The lowest BCUT2D eigenvalue weighted by atomic mass is 10.2. The molecule has 0 spiro atoms. The molecule has 1 N–H and O–H groups in total. The third-order valence-corrected chi connectivity index (χ3v) is 2.95. The van der Waals surface area contributed by atoms with Gasteiger partial charge in [0.2, 0.25) is 0 Å². The standard InChI is InChI=1S/C10H13BrN2O2/c1-7(6-11)12-10(15)8-3-4-13(2)9(14)5-8/h3-5,7H,6H2,1-2H3,(H,12,15). The monoisotopic (exact) mass is 272 g/mol. The van der Waals surface area contributed by atoms with E-state index in [4.69, 9.17) is 0 Å². The number of nitrogens with one attached hydrogen (secondary N) is 1. The quantitative estimate of drug-likeness (QED) is 0.832. The second-order valence-electron chi connectivity index (χ2n) is 3.39. The van der Waals surface area contributed by atoms with Gasteiger partial charge in [0.25, 0.3) is 11.5 Å². The lowest BCUT2D eigenvalue weighted by Gasteiger charge is -2.10. The topological polar surface area (TPSA) is 51.1 Å². The molecule has 1 amide bonds. The maximum absolute atomic E-state index is 11.6. The van der Waals surface area contributed by atoms with E-state index in [1.54, 1.807) is 19.3 Å². The van der Waals surface area contributed by atoms with Gasteiger partial charge in [0.1, 0.15) is 0 Å². The third-order valence-electron chi connectivity index (χ3n) is 1.98. The maximum Gasteiger partial charge on any atom is 0.251 e. The number of hydrogen-bond donors (Lipinski definition) is 1. The van der Waals surface area contributed by atoms with Crippen LogP contribution in [0.2, 0.25) is 0 Å². The van der Waals surface area contributed by atoms with Gasteiger partial charge in [-0.2, -0.15) is 0 Å². The van der Waals surface area contributed by atoms with Crippen LogP contribution in [-0.4, -0.2) is 21.8 Å². The first kappa shape index (κ1) is 12.0. The van der Waals surface area contributed by atoms with Crippen molar-refractivity contribution in [2.75, 3.05) is 5.33 Å². The molecule has 1 aromatic heterocycles. The molecule has 15 heavy (non-hydrogen) atoms. The third kappa shape index (κ3) is 3.20. The van der Waals surface area contributed by atoms with Gasteiger partial charge in [0.15, 0.2) is 0 Å². The van der Waals surface area contributed by atoms with E-state index in [0.29, 0.717) is 10.9 Å². The number of aromatic nitrogens is 1. The number of hydrogen-bond acceptors (Lipinski definition) is 2. The molecule has 82 valence electrons. The molecule has 1 unspecified atom stereocenters. The molecule has 5 heteroatoms. The van der Waals surface area contributed by atoms with Gasteiger partial charge in [0, 0.05) is 36.2 Å². The average Bonchev–Trinajstić information content (AvgIpc) is 2.21. The highest BCUT2D eigenvalue weighted by atomic mass is 79.9. The smallest absolute Gasteiger partial charge is 0.251 e. The molecule has 1 rings (SSSR count). The number of carbonyl (C=O) groups excluding carboxylic acids is 1. The molecule has 4 nitrogen and oxygen atoms in total. The number of alkyl halides is 1. The minimum Gasteiger partial charge on any atom is -0.349 e. The van der Waals surface area contributed by atoms with Crippen molar-refractivity contribution in [1.82, 2.24) is 9.88 Å². The van der Waals surface area contributed by atoms with Crippen molar-refractivity contribution in [2.45, 2.75) is 13.0 Å². The Bertz CT molecular complexity index is 414. The minimum absolute atomic E-state index is 0.0431. The molecule has 0 aliphatic carbocycles. The summed E-state index contributed by atoms with van der Waals surface area (Å²) in [6.07, 6.45) is 1.58. The number of carbonyl (C=O) groups is 1. The lowest BCUT2D eigenvalue weighted by molar-refractivity contribution is 0.0943. The first-order valence-corrected chi connectivity index (χ1v) is 5.70. The second-order valence-corrected chi connectivity index (χ2v) is 4.04. The molecule has 1 aromatic rings. The van der Waals surface area contributed by atoms with Gasteiger partial charge in [-0.3, -0.25) is 9.59 Å². The van der Waals surface area contributed by atoms with Crippen LogP contribution in [0.1, 0.15) is 17.3 Å². The molecular weight excluding hydrogens is 260 g/mol. The van der Waals surface area contributed by atoms with Crippen LogP contribution in [0.5, 0.6) is 0 Å². The average molecular weight is 273 g/mol. The Morgan fingerprint density at radius 3 is 2.87 bits per heavy atom. The highest BCUT2D eigenvalue weighted by Crippen LogP contribution is 1.96. The molecule has 0 saturated heterocycles. The van der Waals surface area contributed by atoms with Crippen molar-refractivity contribution in [1.29, 1.82) is 0 Å². The Kier molecular flexibility index (Phi) is 4.08. The Morgan fingerprint density at radius 2 is 2.33 bits per heavy atom. The fourth-order valence-electron chi connectivity index (χ4n) is 1.04. The molecule has 1 heterocycles. The van der Waals surface area contributed by atoms with Crippen LogP contribution in [0.3, 0.4) is 0 Å². The summed E-state index contributed by atoms with van der Waals surface area (Å²) in [6.45, 7) is 1.88.